The molecule has 3 aromatic rings. The predicted octanol–water partition coefficient (Wildman–Crippen LogP) is 3.27. The maximum absolute atomic E-state index is 13.6. The Balaban J connectivity index is 1.59. The van der Waals surface area contributed by atoms with Crippen LogP contribution in [-0.2, 0) is 5.60 Å². The van der Waals surface area contributed by atoms with Crippen LogP contribution in [0, 0.1) is 6.92 Å². The summed E-state index contributed by atoms with van der Waals surface area (Å²) in [6.07, 6.45) is 6.22. The molecule has 4 rings (SSSR count). The number of nitrogens with zero attached hydrogens (tertiary/aromatic N) is 5. The first-order chi connectivity index (χ1) is 15.2. The number of carbonyl (C=O) groups excluding carboxylic acids is 1. The van der Waals surface area contributed by atoms with E-state index >= 15 is 0 Å². The highest BCUT2D eigenvalue weighted by Gasteiger charge is 2.33. The third-order valence-electron chi connectivity index (χ3n) is 5.82. The Labute approximate surface area is 187 Å². The van der Waals surface area contributed by atoms with E-state index in [1.807, 2.05) is 36.1 Å². The molecule has 0 unspecified atom stereocenters. The number of aromatic nitrogens is 4. The molecule has 3 heterocycles. The molecule has 0 spiro atoms. The summed E-state index contributed by atoms with van der Waals surface area (Å²) >= 11 is 0. The minimum Gasteiger partial charge on any atom is -0.472 e. The van der Waals surface area contributed by atoms with Crippen LogP contribution in [0.1, 0.15) is 55.1 Å². The number of aryl methyl sites for hydroxylation is 1. The minimum atomic E-state index is -1.08. The number of pyridine rings is 1. The molecular formula is C24H29N5O3. The van der Waals surface area contributed by atoms with Gasteiger partial charge in [0.2, 0.25) is 5.88 Å². The summed E-state index contributed by atoms with van der Waals surface area (Å²) in [5.74, 6) is 0.328. The number of hydrogen-bond acceptors (Lipinski definition) is 6. The van der Waals surface area contributed by atoms with E-state index in [0.29, 0.717) is 29.2 Å². The fourth-order valence-corrected chi connectivity index (χ4v) is 4.05. The monoisotopic (exact) mass is 435 g/mol. The second-order valence-corrected chi connectivity index (χ2v) is 8.88. The van der Waals surface area contributed by atoms with Gasteiger partial charge in [-0.05, 0) is 64.8 Å². The maximum atomic E-state index is 13.6. The van der Waals surface area contributed by atoms with Crippen LogP contribution in [0.2, 0.25) is 0 Å². The fraction of sp³-hybridized carbons (Fsp3) is 0.417. The normalized spacial score (nSPS) is 19.1. The first-order valence-electron chi connectivity index (χ1n) is 10.9. The number of aliphatic hydroxyl groups is 1. The van der Waals surface area contributed by atoms with Gasteiger partial charge < -0.3 is 14.7 Å². The Morgan fingerprint density at radius 2 is 1.91 bits per heavy atom. The van der Waals surface area contributed by atoms with Crippen LogP contribution in [0.25, 0.3) is 5.69 Å². The summed E-state index contributed by atoms with van der Waals surface area (Å²) in [6, 6.07) is 9.35. The van der Waals surface area contributed by atoms with E-state index in [-0.39, 0.29) is 18.1 Å². The molecule has 32 heavy (non-hydrogen) atoms. The van der Waals surface area contributed by atoms with Crippen LogP contribution in [0.3, 0.4) is 0 Å². The van der Waals surface area contributed by atoms with Gasteiger partial charge >= 0.3 is 0 Å². The van der Waals surface area contributed by atoms with Gasteiger partial charge in [-0.3, -0.25) is 4.79 Å². The van der Waals surface area contributed by atoms with E-state index in [9.17, 15) is 9.90 Å². The molecule has 0 bridgehead atoms. The third-order valence-corrected chi connectivity index (χ3v) is 5.82. The Bertz CT molecular complexity index is 1090. The Kier molecular flexibility index (Phi) is 5.97. The van der Waals surface area contributed by atoms with Gasteiger partial charge in [0.1, 0.15) is 6.10 Å². The highest BCUT2D eigenvalue weighted by Crippen LogP contribution is 2.30. The molecule has 0 aliphatic carbocycles. The highest BCUT2D eigenvalue weighted by molar-refractivity contribution is 5.98. The van der Waals surface area contributed by atoms with Crippen molar-refractivity contribution in [2.24, 2.45) is 0 Å². The smallest absolute Gasteiger partial charge is 0.256 e. The first-order valence-corrected chi connectivity index (χ1v) is 10.9. The topological polar surface area (TPSA) is 93.4 Å². The summed E-state index contributed by atoms with van der Waals surface area (Å²) < 4.78 is 6.21. The van der Waals surface area contributed by atoms with Crippen molar-refractivity contribution in [3.8, 4) is 11.6 Å². The lowest BCUT2D eigenvalue weighted by Gasteiger charge is -2.38. The standard InChI is InChI=1S/C24H29N5O3/c1-16-7-10-21(29-26-12-13-27-29)19(14-16)23(30)28-15-18(9-8-17(28)2)32-22-20(24(3,4)31)6-5-11-25-22/h5-7,10-14,17-18,31H,8-9,15H2,1-4H3/t17-,18-/m1/s1. The summed E-state index contributed by atoms with van der Waals surface area (Å²) in [7, 11) is 0. The van der Waals surface area contributed by atoms with Crippen LogP contribution >= 0.6 is 0 Å². The Morgan fingerprint density at radius 1 is 1.16 bits per heavy atom. The first kappa shape index (κ1) is 22.0. The van der Waals surface area contributed by atoms with Crippen molar-refractivity contribution >= 4 is 5.91 Å². The minimum absolute atomic E-state index is 0.0683. The molecule has 8 heteroatoms. The lowest BCUT2D eigenvalue weighted by molar-refractivity contribution is 0.0325. The molecule has 0 radical (unpaired) electrons. The number of likely N-dealkylation sites (tertiary alicyclic amines) is 1. The summed E-state index contributed by atoms with van der Waals surface area (Å²) in [5, 5.41) is 18.9. The quantitative estimate of drug-likeness (QED) is 0.661. The van der Waals surface area contributed by atoms with Crippen molar-refractivity contribution in [3.63, 3.8) is 0 Å². The van der Waals surface area contributed by atoms with Gasteiger partial charge in [-0.15, -0.1) is 0 Å². The van der Waals surface area contributed by atoms with E-state index in [0.717, 1.165) is 18.4 Å². The zero-order valence-corrected chi connectivity index (χ0v) is 18.9. The van der Waals surface area contributed by atoms with Crippen molar-refractivity contribution in [1.29, 1.82) is 0 Å². The molecule has 1 saturated heterocycles. The SMILES string of the molecule is Cc1ccc(-n2nccn2)c(C(=O)N2C[C@H](Oc3ncccc3C(C)(C)O)CC[C@H]2C)c1. The molecular weight excluding hydrogens is 406 g/mol. The van der Waals surface area contributed by atoms with Gasteiger partial charge in [0.15, 0.2) is 0 Å². The van der Waals surface area contributed by atoms with Gasteiger partial charge in [0.25, 0.3) is 5.91 Å². The van der Waals surface area contributed by atoms with E-state index in [1.54, 1.807) is 38.5 Å². The zero-order chi connectivity index (χ0) is 22.9. The second-order valence-electron chi connectivity index (χ2n) is 8.88. The predicted molar refractivity (Wildman–Crippen MR) is 120 cm³/mol. The van der Waals surface area contributed by atoms with E-state index in [2.05, 4.69) is 22.1 Å². The third kappa shape index (κ3) is 4.50. The lowest BCUT2D eigenvalue weighted by atomic mass is 9.98. The Morgan fingerprint density at radius 3 is 2.62 bits per heavy atom. The van der Waals surface area contributed by atoms with Crippen molar-refractivity contribution in [2.75, 3.05) is 6.54 Å². The van der Waals surface area contributed by atoms with Gasteiger partial charge in [0, 0.05) is 17.8 Å². The number of hydrogen-bond donors (Lipinski definition) is 1. The second kappa shape index (κ2) is 8.70. The van der Waals surface area contributed by atoms with Crippen LogP contribution in [-0.4, -0.2) is 54.6 Å². The maximum Gasteiger partial charge on any atom is 0.256 e. The van der Waals surface area contributed by atoms with Crippen molar-refractivity contribution in [1.82, 2.24) is 24.9 Å². The van der Waals surface area contributed by atoms with Gasteiger partial charge in [-0.25, -0.2) is 4.98 Å². The van der Waals surface area contributed by atoms with Crippen molar-refractivity contribution < 1.29 is 14.6 Å². The van der Waals surface area contributed by atoms with Crippen molar-refractivity contribution in [2.45, 2.75) is 58.3 Å². The summed E-state index contributed by atoms with van der Waals surface area (Å²) in [4.78, 5) is 21.3. The molecule has 2 aromatic heterocycles. The Hall–Kier alpha value is -3.26. The number of rotatable bonds is 5. The van der Waals surface area contributed by atoms with Gasteiger partial charge in [0.05, 0.1) is 35.8 Å². The van der Waals surface area contributed by atoms with E-state index in [1.165, 1.54) is 4.80 Å². The van der Waals surface area contributed by atoms with Gasteiger partial charge in [-0.2, -0.15) is 15.0 Å². The average molecular weight is 436 g/mol. The van der Waals surface area contributed by atoms with Crippen LogP contribution in [0.5, 0.6) is 5.88 Å². The van der Waals surface area contributed by atoms with Crippen LogP contribution in [0.4, 0.5) is 0 Å². The average Bonchev–Trinajstić information content (AvgIpc) is 3.29. The molecule has 2 atom stereocenters. The number of piperidine rings is 1. The largest absolute Gasteiger partial charge is 0.472 e. The summed E-state index contributed by atoms with van der Waals surface area (Å²) in [5.41, 5.74) is 1.75. The molecule has 8 nitrogen and oxygen atoms in total. The fourth-order valence-electron chi connectivity index (χ4n) is 4.05. The molecule has 1 fully saturated rings. The number of carbonyl (C=O) groups is 1. The molecule has 168 valence electrons. The lowest BCUT2D eigenvalue weighted by Crippen LogP contribution is -2.49. The zero-order valence-electron chi connectivity index (χ0n) is 18.9. The van der Waals surface area contributed by atoms with E-state index < -0.39 is 5.60 Å². The van der Waals surface area contributed by atoms with Crippen LogP contribution < -0.4 is 4.74 Å². The molecule has 1 aliphatic rings. The number of amides is 1. The molecule has 1 aliphatic heterocycles. The molecule has 1 N–H and O–H groups in total. The highest BCUT2D eigenvalue weighted by atomic mass is 16.5. The van der Waals surface area contributed by atoms with Crippen LogP contribution in [0.15, 0.2) is 48.9 Å². The number of ether oxygens (including phenoxy) is 1. The van der Waals surface area contributed by atoms with Crippen molar-refractivity contribution in [3.05, 3.63) is 65.6 Å². The van der Waals surface area contributed by atoms with E-state index in [4.69, 9.17) is 4.74 Å². The molecule has 0 saturated carbocycles. The molecule has 1 amide bonds. The number of benzene rings is 1. The summed E-state index contributed by atoms with van der Waals surface area (Å²) in [6.45, 7) is 7.86. The van der Waals surface area contributed by atoms with Gasteiger partial charge in [-0.1, -0.05) is 11.6 Å². The molecule has 1 aromatic carbocycles.